The van der Waals surface area contributed by atoms with Gasteiger partial charge in [-0.25, -0.2) is 0 Å². The van der Waals surface area contributed by atoms with Gasteiger partial charge in [-0.1, -0.05) is 166 Å². The van der Waals surface area contributed by atoms with Gasteiger partial charge < -0.3 is 9.13 Å². The highest BCUT2D eigenvalue weighted by molar-refractivity contribution is 6.18. The van der Waals surface area contributed by atoms with Gasteiger partial charge in [0.05, 0.1) is 22.1 Å². The van der Waals surface area contributed by atoms with E-state index in [1.54, 1.807) is 0 Å². The summed E-state index contributed by atoms with van der Waals surface area (Å²) in [6, 6.07) is 76.8. The van der Waals surface area contributed by atoms with E-state index in [2.05, 4.69) is 229 Å². The summed E-state index contributed by atoms with van der Waals surface area (Å²) in [5.41, 5.74) is 17.3. The molecule has 0 atom stereocenters. The molecule has 2 nitrogen and oxygen atoms in total. The van der Waals surface area contributed by atoms with Gasteiger partial charge in [0.1, 0.15) is 0 Å². The molecule has 0 radical (unpaired) electrons. The molecule has 286 valence electrons. The zero-order valence-corrected chi connectivity index (χ0v) is 34.0. The quantitative estimate of drug-likeness (QED) is 0.158. The lowest BCUT2D eigenvalue weighted by atomic mass is 9.82. The Kier molecular flexibility index (Phi) is 7.10. The van der Waals surface area contributed by atoms with E-state index in [1.807, 2.05) is 0 Å². The molecule has 0 bridgehead atoms. The van der Waals surface area contributed by atoms with Crippen LogP contribution in [0.15, 0.2) is 206 Å². The number of hydrogen-bond acceptors (Lipinski definition) is 0. The fourth-order valence-electron chi connectivity index (χ4n) is 10.9. The molecule has 0 aliphatic heterocycles. The van der Waals surface area contributed by atoms with Gasteiger partial charge in [-0.15, -0.1) is 0 Å². The third kappa shape index (κ3) is 4.85. The first-order valence-corrected chi connectivity index (χ1v) is 21.3. The molecule has 2 heteroatoms. The van der Waals surface area contributed by atoms with Crippen LogP contribution in [0.1, 0.15) is 25.0 Å². The Hall–Kier alpha value is -7.68. The van der Waals surface area contributed by atoms with Crippen molar-refractivity contribution in [2.45, 2.75) is 19.3 Å². The van der Waals surface area contributed by atoms with Gasteiger partial charge in [-0.05, 0) is 115 Å². The number of aromatic nitrogens is 2. The molecule has 1 aliphatic rings. The second kappa shape index (κ2) is 12.7. The molecule has 13 rings (SSSR count). The van der Waals surface area contributed by atoms with Crippen LogP contribution in [0.5, 0.6) is 0 Å². The van der Waals surface area contributed by atoms with Crippen molar-refractivity contribution in [3.63, 3.8) is 0 Å². The summed E-state index contributed by atoms with van der Waals surface area (Å²) in [5, 5.41) is 10.0. The molecule has 0 saturated heterocycles. The minimum atomic E-state index is -0.120. The van der Waals surface area contributed by atoms with Crippen LogP contribution in [0.25, 0.3) is 110 Å². The minimum Gasteiger partial charge on any atom is -0.309 e. The number of fused-ring (bicyclic) bond motifs is 12. The maximum absolute atomic E-state index is 2.54. The van der Waals surface area contributed by atoms with Crippen molar-refractivity contribution in [1.82, 2.24) is 9.13 Å². The fourth-order valence-corrected chi connectivity index (χ4v) is 10.9. The summed E-state index contributed by atoms with van der Waals surface area (Å²) >= 11 is 0. The number of para-hydroxylation sites is 3. The second-order valence-corrected chi connectivity index (χ2v) is 17.3. The van der Waals surface area contributed by atoms with Gasteiger partial charge >= 0.3 is 0 Å². The molecule has 1 aliphatic carbocycles. The number of benzene rings is 10. The maximum atomic E-state index is 2.54. The molecular weight excluding hydrogens is 737 g/mol. The summed E-state index contributed by atoms with van der Waals surface area (Å²) in [6.45, 7) is 4.75. The number of hydrogen-bond donors (Lipinski definition) is 0. The average molecular weight is 777 g/mol. The summed E-state index contributed by atoms with van der Waals surface area (Å²) < 4.78 is 5.01. The second-order valence-electron chi connectivity index (χ2n) is 17.3. The molecule has 2 aromatic heterocycles. The summed E-state index contributed by atoms with van der Waals surface area (Å²) in [5.74, 6) is 0. The normalized spacial score (nSPS) is 13.2. The third-order valence-corrected chi connectivity index (χ3v) is 13.7. The summed E-state index contributed by atoms with van der Waals surface area (Å²) in [6.07, 6.45) is 0. The van der Waals surface area contributed by atoms with Gasteiger partial charge in [-0.3, -0.25) is 0 Å². The molecule has 12 aromatic rings. The highest BCUT2D eigenvalue weighted by Crippen LogP contribution is 2.50. The molecule has 0 spiro atoms. The van der Waals surface area contributed by atoms with Gasteiger partial charge in [0, 0.05) is 43.9 Å². The van der Waals surface area contributed by atoms with Gasteiger partial charge in [0.25, 0.3) is 0 Å². The van der Waals surface area contributed by atoms with E-state index >= 15 is 0 Å². The zero-order valence-electron chi connectivity index (χ0n) is 34.0. The van der Waals surface area contributed by atoms with Crippen molar-refractivity contribution >= 4 is 65.2 Å². The Morgan fingerprint density at radius 2 is 0.902 bits per heavy atom. The SMILES string of the molecule is CC1(C)c2ccccc2-c2ccc(-n3c4ccccc4c4cc(-n5c6ccccc6c6ccccc65)cc(-c5ccc6c(c5)cc(-c5ccccc5)c5ccccc56)c43)cc21. The van der Waals surface area contributed by atoms with E-state index in [0.29, 0.717) is 0 Å². The highest BCUT2D eigenvalue weighted by Gasteiger charge is 2.35. The summed E-state index contributed by atoms with van der Waals surface area (Å²) in [7, 11) is 0. The number of rotatable bonds is 4. The smallest absolute Gasteiger partial charge is 0.0621 e. The van der Waals surface area contributed by atoms with Crippen LogP contribution >= 0.6 is 0 Å². The molecule has 0 amide bonds. The molecule has 10 aromatic carbocycles. The Morgan fingerprint density at radius 1 is 0.311 bits per heavy atom. The van der Waals surface area contributed by atoms with Crippen LogP contribution in [0, 0.1) is 0 Å². The lowest BCUT2D eigenvalue weighted by molar-refractivity contribution is 0.660. The van der Waals surface area contributed by atoms with E-state index in [4.69, 9.17) is 0 Å². The Labute approximate surface area is 354 Å². The van der Waals surface area contributed by atoms with Crippen LogP contribution in [0.2, 0.25) is 0 Å². The van der Waals surface area contributed by atoms with Crippen molar-refractivity contribution in [3.8, 4) is 44.8 Å². The molecule has 2 heterocycles. The largest absolute Gasteiger partial charge is 0.309 e. The van der Waals surface area contributed by atoms with Crippen molar-refractivity contribution in [2.24, 2.45) is 0 Å². The first kappa shape index (κ1) is 34.2. The van der Waals surface area contributed by atoms with Crippen molar-refractivity contribution < 1.29 is 0 Å². The fraction of sp³-hybridized carbons (Fsp3) is 0.0508. The monoisotopic (exact) mass is 776 g/mol. The van der Waals surface area contributed by atoms with Gasteiger partial charge in [-0.2, -0.15) is 0 Å². The maximum Gasteiger partial charge on any atom is 0.0621 e. The van der Waals surface area contributed by atoms with E-state index in [1.165, 1.54) is 115 Å². The summed E-state index contributed by atoms with van der Waals surface area (Å²) in [4.78, 5) is 0. The number of nitrogens with zero attached hydrogens (tertiary/aromatic N) is 2. The van der Waals surface area contributed by atoms with Crippen LogP contribution < -0.4 is 0 Å². The van der Waals surface area contributed by atoms with E-state index in [-0.39, 0.29) is 5.41 Å². The average Bonchev–Trinajstić information content (AvgIpc) is 3.91. The van der Waals surface area contributed by atoms with Gasteiger partial charge in [0.15, 0.2) is 0 Å². The van der Waals surface area contributed by atoms with Crippen LogP contribution in [0.4, 0.5) is 0 Å². The molecule has 61 heavy (non-hydrogen) atoms. The predicted molar refractivity (Wildman–Crippen MR) is 259 cm³/mol. The first-order chi connectivity index (χ1) is 30.0. The van der Waals surface area contributed by atoms with E-state index < -0.39 is 0 Å². The zero-order chi connectivity index (χ0) is 40.4. The minimum absolute atomic E-state index is 0.120. The topological polar surface area (TPSA) is 9.86 Å². The molecule has 0 unspecified atom stereocenters. The Balaban J connectivity index is 1.15. The molecule has 0 N–H and O–H groups in total. The Bertz CT molecular complexity index is 3730. The third-order valence-electron chi connectivity index (χ3n) is 13.7. The van der Waals surface area contributed by atoms with Crippen LogP contribution in [-0.2, 0) is 5.41 Å². The van der Waals surface area contributed by atoms with Gasteiger partial charge in [0.2, 0.25) is 0 Å². The van der Waals surface area contributed by atoms with Crippen molar-refractivity contribution in [3.05, 3.63) is 217 Å². The molecule has 0 fully saturated rings. The lowest BCUT2D eigenvalue weighted by Crippen LogP contribution is -2.15. The van der Waals surface area contributed by atoms with Crippen molar-refractivity contribution in [1.29, 1.82) is 0 Å². The Morgan fingerprint density at radius 3 is 1.64 bits per heavy atom. The first-order valence-electron chi connectivity index (χ1n) is 21.3. The highest BCUT2D eigenvalue weighted by atomic mass is 15.0. The van der Waals surface area contributed by atoms with E-state index in [0.717, 1.165) is 5.69 Å². The predicted octanol–water partition coefficient (Wildman–Crippen LogP) is 15.8. The molecule has 0 saturated carbocycles. The van der Waals surface area contributed by atoms with E-state index in [9.17, 15) is 0 Å². The van der Waals surface area contributed by atoms with Crippen molar-refractivity contribution in [2.75, 3.05) is 0 Å². The van der Waals surface area contributed by atoms with Crippen LogP contribution in [-0.4, -0.2) is 9.13 Å². The molecular formula is C59H40N2. The standard InChI is InChI=1S/C59H40N2/c1-59(2)53-24-12-8-20-45(53)46-31-29-40(36-54(46)59)61-57-27-15-11-23-49(57)52-35-41(60-55-25-13-9-21-47(55)48-22-10-14-26-56(48)60)34-51(58(52)61)38-28-30-42-39(32-38)33-50(37-16-4-3-5-17-37)44-19-7-6-18-43(42)44/h3-36H,1-2H3. The lowest BCUT2D eigenvalue weighted by Gasteiger charge is -2.22. The van der Waals surface area contributed by atoms with Crippen LogP contribution in [0.3, 0.4) is 0 Å².